The number of hydrogen-bond acceptors (Lipinski definition) is 1. The third-order valence-corrected chi connectivity index (χ3v) is 3.66. The Kier molecular flexibility index (Phi) is 6.37. The maximum Gasteiger partial charge on any atom is 0.0175 e. The first kappa shape index (κ1) is 15.7. The van der Waals surface area contributed by atoms with Gasteiger partial charge in [-0.3, -0.25) is 0 Å². The van der Waals surface area contributed by atoms with E-state index in [1.54, 1.807) is 0 Å². The Labute approximate surface area is 120 Å². The van der Waals surface area contributed by atoms with Crippen LogP contribution in [0.5, 0.6) is 0 Å². The average Bonchev–Trinajstić information content (AvgIpc) is 2.27. The molecule has 0 radical (unpaired) electrons. The van der Waals surface area contributed by atoms with Gasteiger partial charge in [0, 0.05) is 4.47 Å². The molecule has 1 aromatic rings. The summed E-state index contributed by atoms with van der Waals surface area (Å²) in [5.41, 5.74) is 1.78. The fourth-order valence-electron chi connectivity index (χ4n) is 2.06. The van der Waals surface area contributed by atoms with E-state index in [-0.39, 0.29) is 0 Å². The summed E-state index contributed by atoms with van der Waals surface area (Å²) in [7, 11) is 0. The van der Waals surface area contributed by atoms with Gasteiger partial charge in [-0.25, -0.2) is 0 Å². The first-order valence-electron chi connectivity index (χ1n) is 6.84. The van der Waals surface area contributed by atoms with E-state index < -0.39 is 0 Å². The molecular weight excluding hydrogens is 286 g/mol. The van der Waals surface area contributed by atoms with Crippen LogP contribution < -0.4 is 5.32 Å². The molecular formula is C16H26BrN. The molecule has 0 aliphatic carbocycles. The molecule has 0 saturated carbocycles. The van der Waals surface area contributed by atoms with Crippen LogP contribution in [0.3, 0.4) is 0 Å². The van der Waals surface area contributed by atoms with Gasteiger partial charge in [0.05, 0.1) is 0 Å². The molecule has 0 aliphatic heterocycles. The lowest BCUT2D eigenvalue weighted by Crippen LogP contribution is -2.26. The number of nitrogens with one attached hydrogen (secondary N) is 1. The average molecular weight is 312 g/mol. The Bertz CT molecular complexity index is 341. The second kappa shape index (κ2) is 7.30. The van der Waals surface area contributed by atoms with Gasteiger partial charge in [-0.05, 0) is 55.0 Å². The molecule has 1 nitrogen and oxygen atoms in total. The van der Waals surface area contributed by atoms with Gasteiger partial charge >= 0.3 is 0 Å². The van der Waals surface area contributed by atoms with Gasteiger partial charge < -0.3 is 5.32 Å². The SMILES string of the molecule is CC(C)CNCCC(C)(C)Cc1ccc(Br)cc1. The van der Waals surface area contributed by atoms with Crippen LogP contribution in [0.15, 0.2) is 28.7 Å². The maximum atomic E-state index is 3.53. The van der Waals surface area contributed by atoms with Crippen LogP contribution in [0, 0.1) is 11.3 Å². The highest BCUT2D eigenvalue weighted by Crippen LogP contribution is 2.26. The summed E-state index contributed by atoms with van der Waals surface area (Å²) in [6.45, 7) is 11.4. The molecule has 0 aromatic heterocycles. The fourth-order valence-corrected chi connectivity index (χ4v) is 2.33. The van der Waals surface area contributed by atoms with Crippen molar-refractivity contribution in [2.75, 3.05) is 13.1 Å². The van der Waals surface area contributed by atoms with Gasteiger partial charge in [0.15, 0.2) is 0 Å². The van der Waals surface area contributed by atoms with E-state index in [1.165, 1.54) is 12.0 Å². The molecule has 0 unspecified atom stereocenters. The van der Waals surface area contributed by atoms with Crippen molar-refractivity contribution < 1.29 is 0 Å². The van der Waals surface area contributed by atoms with Gasteiger partial charge in [0.1, 0.15) is 0 Å². The first-order valence-corrected chi connectivity index (χ1v) is 7.63. The molecule has 0 fully saturated rings. The highest BCUT2D eigenvalue weighted by molar-refractivity contribution is 9.10. The quantitative estimate of drug-likeness (QED) is 0.722. The summed E-state index contributed by atoms with van der Waals surface area (Å²) in [5, 5.41) is 3.53. The number of rotatable bonds is 7. The summed E-state index contributed by atoms with van der Waals surface area (Å²) in [6.07, 6.45) is 2.36. The standard InChI is InChI=1S/C16H26BrN/c1-13(2)12-18-10-9-16(3,4)11-14-5-7-15(17)8-6-14/h5-8,13,18H,9-12H2,1-4H3. The second-order valence-electron chi connectivity index (χ2n) is 6.32. The highest BCUT2D eigenvalue weighted by Gasteiger charge is 2.17. The lowest BCUT2D eigenvalue weighted by Gasteiger charge is -2.25. The summed E-state index contributed by atoms with van der Waals surface area (Å²) in [5.74, 6) is 0.736. The Balaban J connectivity index is 2.36. The molecule has 2 heteroatoms. The number of benzene rings is 1. The lowest BCUT2D eigenvalue weighted by molar-refractivity contribution is 0.322. The van der Waals surface area contributed by atoms with Crippen LogP contribution in [0.4, 0.5) is 0 Å². The zero-order chi connectivity index (χ0) is 13.6. The Morgan fingerprint density at radius 1 is 1.17 bits per heavy atom. The van der Waals surface area contributed by atoms with E-state index in [9.17, 15) is 0 Å². The topological polar surface area (TPSA) is 12.0 Å². The van der Waals surface area contributed by atoms with Gasteiger partial charge in [-0.1, -0.05) is 55.8 Å². The molecule has 102 valence electrons. The molecule has 0 heterocycles. The Morgan fingerprint density at radius 2 is 1.78 bits per heavy atom. The van der Waals surface area contributed by atoms with Crippen LogP contribution in [0.1, 0.15) is 39.7 Å². The van der Waals surface area contributed by atoms with Gasteiger partial charge in [0.25, 0.3) is 0 Å². The summed E-state index contributed by atoms with van der Waals surface area (Å²) >= 11 is 3.48. The smallest absolute Gasteiger partial charge is 0.0175 e. The highest BCUT2D eigenvalue weighted by atomic mass is 79.9. The van der Waals surface area contributed by atoms with Crippen molar-refractivity contribution in [1.29, 1.82) is 0 Å². The normalized spacial score (nSPS) is 12.1. The van der Waals surface area contributed by atoms with Crippen LogP contribution in [0.25, 0.3) is 0 Å². The number of hydrogen-bond donors (Lipinski definition) is 1. The van der Waals surface area contributed by atoms with Crippen molar-refractivity contribution in [3.8, 4) is 0 Å². The van der Waals surface area contributed by atoms with Crippen LogP contribution in [-0.4, -0.2) is 13.1 Å². The zero-order valence-electron chi connectivity index (χ0n) is 12.1. The summed E-state index contributed by atoms with van der Waals surface area (Å²) < 4.78 is 1.16. The Hall–Kier alpha value is -0.340. The monoisotopic (exact) mass is 311 g/mol. The van der Waals surface area contributed by atoms with Gasteiger partial charge in [0.2, 0.25) is 0 Å². The van der Waals surface area contributed by atoms with E-state index >= 15 is 0 Å². The molecule has 18 heavy (non-hydrogen) atoms. The third-order valence-electron chi connectivity index (χ3n) is 3.13. The lowest BCUT2D eigenvalue weighted by atomic mass is 9.82. The molecule has 1 rings (SSSR count). The zero-order valence-corrected chi connectivity index (χ0v) is 13.7. The van der Waals surface area contributed by atoms with Crippen LogP contribution in [-0.2, 0) is 6.42 Å². The van der Waals surface area contributed by atoms with E-state index in [0.717, 1.165) is 29.9 Å². The van der Waals surface area contributed by atoms with Crippen molar-refractivity contribution in [2.24, 2.45) is 11.3 Å². The van der Waals surface area contributed by atoms with Crippen molar-refractivity contribution >= 4 is 15.9 Å². The van der Waals surface area contributed by atoms with Crippen LogP contribution >= 0.6 is 15.9 Å². The summed E-state index contributed by atoms with van der Waals surface area (Å²) in [6, 6.07) is 8.69. The van der Waals surface area contributed by atoms with Crippen molar-refractivity contribution in [2.45, 2.75) is 40.5 Å². The molecule has 1 N–H and O–H groups in total. The minimum absolute atomic E-state index is 0.359. The van der Waals surface area contributed by atoms with Crippen LogP contribution in [0.2, 0.25) is 0 Å². The maximum absolute atomic E-state index is 3.53. The summed E-state index contributed by atoms with van der Waals surface area (Å²) in [4.78, 5) is 0. The van der Waals surface area contributed by atoms with E-state index in [2.05, 4.69) is 73.2 Å². The largest absolute Gasteiger partial charge is 0.316 e. The second-order valence-corrected chi connectivity index (χ2v) is 7.23. The molecule has 0 aliphatic rings. The Morgan fingerprint density at radius 3 is 2.33 bits per heavy atom. The predicted octanol–water partition coefficient (Wildman–Crippen LogP) is 4.65. The van der Waals surface area contributed by atoms with E-state index in [4.69, 9.17) is 0 Å². The fraction of sp³-hybridized carbons (Fsp3) is 0.625. The predicted molar refractivity (Wildman–Crippen MR) is 84.0 cm³/mol. The van der Waals surface area contributed by atoms with Gasteiger partial charge in [-0.15, -0.1) is 0 Å². The van der Waals surface area contributed by atoms with E-state index in [1.807, 2.05) is 0 Å². The number of halogens is 1. The minimum Gasteiger partial charge on any atom is -0.316 e. The molecule has 0 bridgehead atoms. The van der Waals surface area contributed by atoms with Crippen molar-refractivity contribution in [1.82, 2.24) is 5.32 Å². The van der Waals surface area contributed by atoms with Crippen molar-refractivity contribution in [3.05, 3.63) is 34.3 Å². The molecule has 0 atom stereocenters. The van der Waals surface area contributed by atoms with Gasteiger partial charge in [-0.2, -0.15) is 0 Å². The third kappa shape index (κ3) is 6.55. The molecule has 0 saturated heterocycles. The molecule has 0 amide bonds. The minimum atomic E-state index is 0.359. The van der Waals surface area contributed by atoms with Crippen molar-refractivity contribution in [3.63, 3.8) is 0 Å². The molecule has 1 aromatic carbocycles. The van der Waals surface area contributed by atoms with E-state index in [0.29, 0.717) is 5.41 Å². The first-order chi connectivity index (χ1) is 8.39. The molecule has 0 spiro atoms.